The van der Waals surface area contributed by atoms with Crippen molar-refractivity contribution in [1.29, 1.82) is 0 Å². The summed E-state index contributed by atoms with van der Waals surface area (Å²) in [6.07, 6.45) is -1.72. The van der Waals surface area contributed by atoms with Gasteiger partial charge in [0.05, 0.1) is 4.90 Å². The second-order valence-corrected chi connectivity index (χ2v) is 9.46. The van der Waals surface area contributed by atoms with Crippen molar-refractivity contribution in [3.8, 4) is 16.3 Å². The molecule has 0 radical (unpaired) electrons. The van der Waals surface area contributed by atoms with Gasteiger partial charge in [-0.3, -0.25) is 9.78 Å². The van der Waals surface area contributed by atoms with Crippen LogP contribution in [0.3, 0.4) is 0 Å². The van der Waals surface area contributed by atoms with Crippen LogP contribution in [0.1, 0.15) is 5.56 Å². The number of aryl methyl sites for hydroxylation is 1. The molecule has 0 fully saturated rings. The number of alkyl halides is 3. The third kappa shape index (κ3) is 4.60. The van der Waals surface area contributed by atoms with Crippen LogP contribution in [-0.2, 0) is 10.0 Å². The maximum atomic E-state index is 14.7. The highest BCUT2D eigenvalue weighted by molar-refractivity contribution is 7.89. The number of thiazole rings is 1. The number of fused-ring (bicyclic) bond motifs is 1. The fourth-order valence-corrected chi connectivity index (χ4v) is 5.04. The average Bonchev–Trinajstić information content (AvgIpc) is 3.19. The Bertz CT molecular complexity index is 1520. The van der Waals surface area contributed by atoms with E-state index >= 15 is 0 Å². The molecule has 0 saturated heterocycles. The summed E-state index contributed by atoms with van der Waals surface area (Å²) >= 11 is 0.950. The molecule has 3 heterocycles. The predicted molar refractivity (Wildman–Crippen MR) is 110 cm³/mol. The Labute approximate surface area is 186 Å². The summed E-state index contributed by atoms with van der Waals surface area (Å²) in [5.74, 6) is -1.02. The van der Waals surface area contributed by atoms with Crippen LogP contribution in [-0.4, -0.2) is 46.1 Å². The molecule has 0 atom stereocenters. The number of hydrogen-bond acceptors (Lipinski definition) is 8. The highest BCUT2D eigenvalue weighted by atomic mass is 32.2. The zero-order valence-electron chi connectivity index (χ0n) is 16.5. The van der Waals surface area contributed by atoms with Crippen molar-refractivity contribution in [1.82, 2.24) is 29.7 Å². The minimum absolute atomic E-state index is 0.00712. The first kappa shape index (κ1) is 22.9. The monoisotopic (exact) mass is 500 g/mol. The van der Waals surface area contributed by atoms with Crippen LogP contribution in [0.2, 0.25) is 0 Å². The van der Waals surface area contributed by atoms with E-state index in [2.05, 4.69) is 20.3 Å². The van der Waals surface area contributed by atoms with Crippen LogP contribution in [0.25, 0.3) is 26.6 Å². The molecule has 172 valence electrons. The lowest BCUT2D eigenvalue weighted by atomic mass is 10.2. The lowest BCUT2D eigenvalue weighted by Gasteiger charge is -2.13. The summed E-state index contributed by atoms with van der Waals surface area (Å²) < 4.78 is 78.8. The Balaban J connectivity index is 1.82. The molecule has 4 rings (SSSR count). The normalized spacial score (nSPS) is 12.4. The summed E-state index contributed by atoms with van der Waals surface area (Å²) in [5.41, 5.74) is -0.986. The second-order valence-electron chi connectivity index (χ2n) is 6.73. The molecule has 0 bridgehead atoms. The third-order valence-corrected chi connectivity index (χ3v) is 6.98. The third-order valence-electron chi connectivity index (χ3n) is 4.36. The zero-order valence-corrected chi connectivity index (χ0v) is 18.1. The molecule has 4 aromatic rings. The smallest absolute Gasteiger partial charge is 0.266 e. The van der Waals surface area contributed by atoms with Crippen molar-refractivity contribution in [2.24, 2.45) is 0 Å². The standard InChI is InChI=1S/C18H12F4N6O3S2/c1-9-5-11(19)12(6-13(9)33(30,31)24-8-18(20,21)22)28-17(29)14-15(26-27-28)25-16(32-14)10-3-2-4-23-7-10/h2-7,24H,8H2,1H3. The van der Waals surface area contributed by atoms with Crippen molar-refractivity contribution in [2.75, 3.05) is 6.54 Å². The first-order chi connectivity index (χ1) is 15.5. The number of nitrogens with one attached hydrogen (secondary N) is 1. The molecule has 0 spiro atoms. The fraction of sp³-hybridized carbons (Fsp3) is 0.167. The van der Waals surface area contributed by atoms with Gasteiger partial charge >= 0.3 is 6.18 Å². The van der Waals surface area contributed by atoms with E-state index < -0.39 is 44.7 Å². The topological polar surface area (TPSA) is 120 Å². The maximum Gasteiger partial charge on any atom is 0.402 e. The predicted octanol–water partition coefficient (Wildman–Crippen LogP) is 2.59. The van der Waals surface area contributed by atoms with Crippen molar-refractivity contribution in [2.45, 2.75) is 18.0 Å². The van der Waals surface area contributed by atoms with Gasteiger partial charge in [0.1, 0.15) is 27.8 Å². The molecule has 33 heavy (non-hydrogen) atoms. The summed E-state index contributed by atoms with van der Waals surface area (Å²) in [7, 11) is -4.68. The van der Waals surface area contributed by atoms with Gasteiger partial charge in [-0.1, -0.05) is 5.21 Å². The van der Waals surface area contributed by atoms with E-state index in [0.717, 1.165) is 23.5 Å². The Morgan fingerprint density at radius 1 is 1.24 bits per heavy atom. The van der Waals surface area contributed by atoms with Crippen LogP contribution in [0.5, 0.6) is 0 Å². The van der Waals surface area contributed by atoms with E-state index in [9.17, 15) is 30.8 Å². The Kier molecular flexibility index (Phi) is 5.71. The molecule has 3 aromatic heterocycles. The van der Waals surface area contributed by atoms with E-state index in [1.165, 1.54) is 17.8 Å². The molecule has 0 saturated carbocycles. The summed E-state index contributed by atoms with van der Waals surface area (Å²) in [4.78, 5) is 20.5. The van der Waals surface area contributed by atoms with Gasteiger partial charge in [-0.25, -0.2) is 22.5 Å². The van der Waals surface area contributed by atoms with E-state index in [0.29, 0.717) is 15.3 Å². The van der Waals surface area contributed by atoms with Crippen molar-refractivity contribution in [3.63, 3.8) is 0 Å². The molecular weight excluding hydrogens is 488 g/mol. The first-order valence-corrected chi connectivity index (χ1v) is 11.3. The highest BCUT2D eigenvalue weighted by Gasteiger charge is 2.31. The van der Waals surface area contributed by atoms with Crippen LogP contribution >= 0.6 is 11.3 Å². The van der Waals surface area contributed by atoms with E-state index in [4.69, 9.17) is 0 Å². The number of benzene rings is 1. The summed E-state index contributed by atoms with van der Waals surface area (Å²) in [5, 5.41) is 7.84. The number of rotatable bonds is 5. The van der Waals surface area contributed by atoms with Gasteiger partial charge in [-0.15, -0.1) is 16.4 Å². The molecule has 0 amide bonds. The van der Waals surface area contributed by atoms with Gasteiger partial charge in [-0.2, -0.15) is 17.9 Å². The van der Waals surface area contributed by atoms with Gasteiger partial charge in [0.15, 0.2) is 0 Å². The van der Waals surface area contributed by atoms with Crippen LogP contribution in [0.4, 0.5) is 17.6 Å². The largest absolute Gasteiger partial charge is 0.402 e. The zero-order chi connectivity index (χ0) is 24.0. The van der Waals surface area contributed by atoms with Gasteiger partial charge in [0.25, 0.3) is 5.56 Å². The number of aromatic nitrogens is 5. The molecule has 1 N–H and O–H groups in total. The van der Waals surface area contributed by atoms with Gasteiger partial charge in [0.2, 0.25) is 15.7 Å². The molecule has 0 aliphatic carbocycles. The van der Waals surface area contributed by atoms with Crippen LogP contribution in [0, 0.1) is 12.7 Å². The molecular formula is C18H12F4N6O3S2. The average molecular weight is 500 g/mol. The highest BCUT2D eigenvalue weighted by Crippen LogP contribution is 2.27. The Hall–Kier alpha value is -3.30. The summed E-state index contributed by atoms with van der Waals surface area (Å²) in [6, 6.07) is 4.89. The number of hydrogen-bond donors (Lipinski definition) is 1. The van der Waals surface area contributed by atoms with Crippen LogP contribution < -0.4 is 10.3 Å². The van der Waals surface area contributed by atoms with Crippen LogP contribution in [0.15, 0.2) is 46.3 Å². The van der Waals surface area contributed by atoms with Gasteiger partial charge in [-0.05, 0) is 36.8 Å². The number of nitrogens with zero attached hydrogens (tertiary/aromatic N) is 5. The molecule has 9 nitrogen and oxygen atoms in total. The minimum Gasteiger partial charge on any atom is -0.266 e. The van der Waals surface area contributed by atoms with Crippen molar-refractivity contribution < 1.29 is 26.0 Å². The van der Waals surface area contributed by atoms with Crippen molar-refractivity contribution in [3.05, 3.63) is 58.4 Å². The molecule has 0 aliphatic rings. The molecule has 0 aliphatic heterocycles. The second kappa shape index (κ2) is 8.24. The van der Waals surface area contributed by atoms with Gasteiger partial charge in [0, 0.05) is 18.0 Å². The number of sulfonamides is 1. The first-order valence-electron chi connectivity index (χ1n) is 9.00. The lowest BCUT2D eigenvalue weighted by molar-refractivity contribution is -0.121. The fourth-order valence-electron chi connectivity index (χ4n) is 2.86. The quantitative estimate of drug-likeness (QED) is 0.418. The molecule has 15 heteroatoms. The van der Waals surface area contributed by atoms with E-state index in [1.54, 1.807) is 18.3 Å². The minimum atomic E-state index is -4.80. The van der Waals surface area contributed by atoms with E-state index in [1.807, 2.05) is 0 Å². The summed E-state index contributed by atoms with van der Waals surface area (Å²) in [6.45, 7) is -0.610. The maximum absolute atomic E-state index is 14.7. The molecule has 1 aromatic carbocycles. The van der Waals surface area contributed by atoms with E-state index in [-0.39, 0.29) is 15.9 Å². The Morgan fingerprint density at radius 3 is 2.67 bits per heavy atom. The lowest BCUT2D eigenvalue weighted by Crippen LogP contribution is -2.34. The SMILES string of the molecule is Cc1cc(F)c(-n2nnc3nc(-c4cccnc4)sc3c2=O)cc1S(=O)(=O)NCC(F)(F)F. The number of halogens is 4. The van der Waals surface area contributed by atoms with Gasteiger partial charge < -0.3 is 0 Å². The Morgan fingerprint density at radius 2 is 2.00 bits per heavy atom. The molecule has 0 unspecified atom stereocenters. The number of pyridine rings is 1. The van der Waals surface area contributed by atoms with Crippen molar-refractivity contribution >= 4 is 31.7 Å².